The number of nitrogens with two attached hydrogens (primary N) is 1. The summed E-state index contributed by atoms with van der Waals surface area (Å²) in [4.78, 5) is 12.1. The van der Waals surface area contributed by atoms with E-state index in [1.807, 2.05) is 24.3 Å². The highest BCUT2D eigenvalue weighted by Gasteiger charge is 2.13. The molecule has 0 aliphatic carbocycles. The van der Waals surface area contributed by atoms with Crippen molar-refractivity contribution >= 4 is 23.2 Å². The lowest BCUT2D eigenvalue weighted by atomic mass is 10.1. The fraction of sp³-hybridized carbons (Fsp3) is 0.133. The number of anilines is 1. The maximum atomic E-state index is 12.1. The Morgan fingerprint density at radius 2 is 1.90 bits per heavy atom. The summed E-state index contributed by atoms with van der Waals surface area (Å²) in [6.45, 7) is 0.316. The number of aliphatic hydroxyl groups is 1. The second-order valence-electron chi connectivity index (χ2n) is 4.36. The van der Waals surface area contributed by atoms with Gasteiger partial charge >= 0.3 is 0 Å². The average Bonchev–Trinajstić information content (AvgIpc) is 2.45. The fourth-order valence-electron chi connectivity index (χ4n) is 1.89. The predicted molar refractivity (Wildman–Crippen MR) is 79.4 cm³/mol. The van der Waals surface area contributed by atoms with Crippen LogP contribution in [0.25, 0.3) is 0 Å². The quantitative estimate of drug-likeness (QED) is 0.757. The molecule has 104 valence electrons. The highest BCUT2D eigenvalue weighted by molar-refractivity contribution is 6.34. The van der Waals surface area contributed by atoms with Crippen LogP contribution in [0.2, 0.25) is 5.02 Å². The molecule has 0 aliphatic heterocycles. The van der Waals surface area contributed by atoms with Gasteiger partial charge in [-0.15, -0.1) is 0 Å². The molecule has 2 rings (SSSR count). The Labute approximate surface area is 122 Å². The summed E-state index contributed by atoms with van der Waals surface area (Å²) in [7, 11) is 0. The Morgan fingerprint density at radius 3 is 2.60 bits per heavy atom. The van der Waals surface area contributed by atoms with E-state index in [0.717, 1.165) is 11.1 Å². The lowest BCUT2D eigenvalue weighted by Crippen LogP contribution is -2.24. The number of hydrogen-bond donors (Lipinski definition) is 3. The van der Waals surface area contributed by atoms with E-state index < -0.39 is 0 Å². The molecule has 0 fully saturated rings. The highest BCUT2D eigenvalue weighted by atomic mass is 35.5. The number of nitrogens with one attached hydrogen (secondary N) is 1. The van der Waals surface area contributed by atoms with Gasteiger partial charge in [-0.05, 0) is 23.3 Å². The SMILES string of the molecule is Nc1cccc(Cl)c1C(=O)NCc1cccc(CO)c1. The fourth-order valence-corrected chi connectivity index (χ4v) is 2.16. The van der Waals surface area contributed by atoms with Crippen molar-refractivity contribution in [2.45, 2.75) is 13.2 Å². The molecule has 4 N–H and O–H groups in total. The Morgan fingerprint density at radius 1 is 1.20 bits per heavy atom. The zero-order valence-electron chi connectivity index (χ0n) is 10.8. The summed E-state index contributed by atoms with van der Waals surface area (Å²) in [6.07, 6.45) is 0. The lowest BCUT2D eigenvalue weighted by Gasteiger charge is -2.09. The number of carbonyl (C=O) groups is 1. The summed E-state index contributed by atoms with van der Waals surface area (Å²) >= 11 is 5.98. The van der Waals surface area contributed by atoms with Crippen molar-refractivity contribution in [3.8, 4) is 0 Å². The first-order valence-electron chi connectivity index (χ1n) is 6.12. The maximum absolute atomic E-state index is 12.1. The van der Waals surface area contributed by atoms with Gasteiger partial charge in [0.05, 0.1) is 17.2 Å². The molecule has 2 aromatic carbocycles. The minimum absolute atomic E-state index is 0.0285. The maximum Gasteiger partial charge on any atom is 0.255 e. The monoisotopic (exact) mass is 290 g/mol. The number of rotatable bonds is 4. The van der Waals surface area contributed by atoms with Crippen molar-refractivity contribution in [1.29, 1.82) is 0 Å². The first-order chi connectivity index (χ1) is 9.61. The van der Waals surface area contributed by atoms with Gasteiger partial charge in [0.15, 0.2) is 0 Å². The molecule has 0 saturated heterocycles. The van der Waals surface area contributed by atoms with Crippen LogP contribution in [0, 0.1) is 0 Å². The summed E-state index contributed by atoms with van der Waals surface area (Å²) in [5.41, 5.74) is 8.09. The van der Waals surface area contributed by atoms with Crippen molar-refractivity contribution < 1.29 is 9.90 Å². The summed E-state index contributed by atoms with van der Waals surface area (Å²) in [5.74, 6) is -0.317. The highest BCUT2D eigenvalue weighted by Crippen LogP contribution is 2.21. The Balaban J connectivity index is 2.09. The topological polar surface area (TPSA) is 75.4 Å². The second-order valence-corrected chi connectivity index (χ2v) is 4.77. The first-order valence-corrected chi connectivity index (χ1v) is 6.50. The number of nitrogen functional groups attached to an aromatic ring is 1. The molecule has 1 amide bonds. The third-order valence-corrected chi connectivity index (χ3v) is 3.21. The number of amides is 1. The molecule has 0 radical (unpaired) electrons. The van der Waals surface area contributed by atoms with Crippen LogP contribution in [-0.2, 0) is 13.2 Å². The molecule has 0 bridgehead atoms. The third kappa shape index (κ3) is 3.29. The van der Waals surface area contributed by atoms with Crippen LogP contribution in [0.3, 0.4) is 0 Å². The largest absolute Gasteiger partial charge is 0.398 e. The molecular weight excluding hydrogens is 276 g/mol. The molecule has 0 heterocycles. The van der Waals surface area contributed by atoms with Gasteiger partial charge in [-0.2, -0.15) is 0 Å². The van der Waals surface area contributed by atoms with Gasteiger partial charge in [-0.3, -0.25) is 4.79 Å². The smallest absolute Gasteiger partial charge is 0.255 e. The molecule has 0 spiro atoms. The molecule has 0 saturated carbocycles. The molecular formula is C15H15ClN2O2. The molecule has 20 heavy (non-hydrogen) atoms. The van der Waals surface area contributed by atoms with E-state index in [2.05, 4.69) is 5.32 Å². The van der Waals surface area contributed by atoms with Crippen molar-refractivity contribution in [3.05, 3.63) is 64.2 Å². The molecule has 2 aromatic rings. The lowest BCUT2D eigenvalue weighted by molar-refractivity contribution is 0.0952. The second kappa shape index (κ2) is 6.41. The van der Waals surface area contributed by atoms with Crippen LogP contribution >= 0.6 is 11.6 Å². The van der Waals surface area contributed by atoms with E-state index in [1.165, 1.54) is 0 Å². The van der Waals surface area contributed by atoms with Gasteiger partial charge in [0.25, 0.3) is 5.91 Å². The molecule has 0 atom stereocenters. The van der Waals surface area contributed by atoms with Crippen LogP contribution in [0.5, 0.6) is 0 Å². The number of benzene rings is 2. The van der Waals surface area contributed by atoms with Gasteiger partial charge in [-0.25, -0.2) is 0 Å². The van der Waals surface area contributed by atoms with Gasteiger partial charge in [0.2, 0.25) is 0 Å². The van der Waals surface area contributed by atoms with Crippen LogP contribution in [0.15, 0.2) is 42.5 Å². The first kappa shape index (κ1) is 14.4. The van der Waals surface area contributed by atoms with E-state index in [0.29, 0.717) is 17.3 Å². The number of halogens is 1. The number of carbonyl (C=O) groups excluding carboxylic acids is 1. The van der Waals surface area contributed by atoms with Crippen molar-refractivity contribution in [2.75, 3.05) is 5.73 Å². The van der Waals surface area contributed by atoms with Crippen LogP contribution in [0.4, 0.5) is 5.69 Å². The van der Waals surface area contributed by atoms with Gasteiger partial charge in [0, 0.05) is 12.2 Å². The number of aliphatic hydroxyl groups excluding tert-OH is 1. The van der Waals surface area contributed by atoms with Gasteiger partial charge in [-0.1, -0.05) is 41.9 Å². The van der Waals surface area contributed by atoms with Crippen LogP contribution in [0.1, 0.15) is 21.5 Å². The summed E-state index contributed by atoms with van der Waals surface area (Å²) in [6, 6.07) is 12.3. The Hall–Kier alpha value is -2.04. The zero-order chi connectivity index (χ0) is 14.5. The molecule has 5 heteroatoms. The van der Waals surface area contributed by atoms with Crippen molar-refractivity contribution in [3.63, 3.8) is 0 Å². The summed E-state index contributed by atoms with van der Waals surface area (Å²) in [5, 5.41) is 12.2. The van der Waals surface area contributed by atoms with E-state index in [9.17, 15) is 4.79 Å². The molecule has 0 unspecified atom stereocenters. The molecule has 0 aliphatic rings. The van der Waals surface area contributed by atoms with Crippen molar-refractivity contribution in [2.24, 2.45) is 0 Å². The van der Waals surface area contributed by atoms with E-state index in [-0.39, 0.29) is 18.1 Å². The predicted octanol–water partition coefficient (Wildman–Crippen LogP) is 2.34. The minimum atomic E-state index is -0.317. The third-order valence-electron chi connectivity index (χ3n) is 2.90. The molecule has 0 aromatic heterocycles. The summed E-state index contributed by atoms with van der Waals surface area (Å²) < 4.78 is 0. The van der Waals surface area contributed by atoms with Gasteiger partial charge < -0.3 is 16.2 Å². The minimum Gasteiger partial charge on any atom is -0.398 e. The average molecular weight is 291 g/mol. The van der Waals surface area contributed by atoms with E-state index in [4.69, 9.17) is 22.4 Å². The number of hydrogen-bond acceptors (Lipinski definition) is 3. The van der Waals surface area contributed by atoms with Crippen molar-refractivity contribution in [1.82, 2.24) is 5.32 Å². The van der Waals surface area contributed by atoms with Crippen LogP contribution < -0.4 is 11.1 Å². The normalized spacial score (nSPS) is 10.3. The Kier molecular flexibility index (Phi) is 4.61. The van der Waals surface area contributed by atoms with E-state index in [1.54, 1.807) is 18.2 Å². The van der Waals surface area contributed by atoms with Gasteiger partial charge in [0.1, 0.15) is 0 Å². The zero-order valence-corrected chi connectivity index (χ0v) is 11.5. The Bertz CT molecular complexity index is 609. The standard InChI is InChI=1S/C15H15ClN2O2/c16-12-5-2-6-13(17)14(12)15(20)18-8-10-3-1-4-11(7-10)9-19/h1-7,19H,8-9,17H2,(H,18,20). The van der Waals surface area contributed by atoms with Crippen LogP contribution in [-0.4, -0.2) is 11.0 Å². The molecule has 4 nitrogen and oxygen atoms in total. The van der Waals surface area contributed by atoms with E-state index >= 15 is 0 Å².